The van der Waals surface area contributed by atoms with E-state index in [1.54, 1.807) is 54.7 Å². The largest absolute Gasteiger partial charge is 0.435 e. The Morgan fingerprint density at radius 1 is 0.950 bits per heavy atom. The predicted molar refractivity (Wildman–Crippen MR) is 149 cm³/mol. The Kier molecular flexibility index (Phi) is 8.17. The normalized spacial score (nSPS) is 14.6. The number of nitrogens with zero attached hydrogens (tertiary/aromatic N) is 4. The van der Waals surface area contributed by atoms with Crippen LogP contribution in [0.5, 0.6) is 11.6 Å². The molecule has 0 unspecified atom stereocenters. The molecule has 5 rings (SSSR count). The van der Waals surface area contributed by atoms with Crippen molar-refractivity contribution < 1.29 is 21.9 Å². The van der Waals surface area contributed by atoms with Gasteiger partial charge in [0.15, 0.2) is 11.6 Å². The third-order valence-electron chi connectivity index (χ3n) is 6.47. The number of aromatic nitrogens is 3. The fraction of sp³-hybridized carbons (Fsp3) is 0.250. The van der Waals surface area contributed by atoms with Crippen LogP contribution < -0.4 is 14.8 Å². The second-order valence-electron chi connectivity index (χ2n) is 9.53. The maximum atomic E-state index is 15.0. The summed E-state index contributed by atoms with van der Waals surface area (Å²) in [7, 11) is -1.90. The summed E-state index contributed by atoms with van der Waals surface area (Å²) < 4.78 is 62.8. The van der Waals surface area contributed by atoms with Crippen molar-refractivity contribution in [3.8, 4) is 22.9 Å². The van der Waals surface area contributed by atoms with Crippen molar-refractivity contribution in [3.63, 3.8) is 0 Å². The number of hydrogen-bond donors (Lipinski definition) is 2. The van der Waals surface area contributed by atoms with Crippen LogP contribution in [-0.2, 0) is 15.8 Å². The van der Waals surface area contributed by atoms with Gasteiger partial charge in [-0.25, -0.2) is 27.8 Å². The van der Waals surface area contributed by atoms with Gasteiger partial charge in [0.1, 0.15) is 0 Å². The van der Waals surface area contributed by atoms with E-state index in [1.165, 1.54) is 6.20 Å². The minimum absolute atomic E-state index is 0.00199. The van der Waals surface area contributed by atoms with E-state index in [2.05, 4.69) is 36.9 Å². The van der Waals surface area contributed by atoms with Crippen LogP contribution in [0.25, 0.3) is 11.3 Å². The Balaban J connectivity index is 1.34. The zero-order valence-electron chi connectivity index (χ0n) is 21.7. The van der Waals surface area contributed by atoms with Crippen molar-refractivity contribution in [2.45, 2.75) is 24.6 Å². The van der Waals surface area contributed by atoms with Crippen LogP contribution in [0.15, 0.2) is 73.1 Å². The van der Waals surface area contributed by atoms with E-state index in [0.717, 1.165) is 38.1 Å². The van der Waals surface area contributed by atoms with Gasteiger partial charge in [-0.05, 0) is 68.9 Å². The molecule has 3 heterocycles. The molecule has 0 aliphatic carbocycles. The van der Waals surface area contributed by atoms with E-state index in [4.69, 9.17) is 4.74 Å². The molecular formula is C28H28F2N6O3S. The first-order valence-corrected chi connectivity index (χ1v) is 14.4. The lowest BCUT2D eigenvalue weighted by atomic mass is 10.1. The molecule has 4 aromatic rings. The Morgan fingerprint density at radius 2 is 1.73 bits per heavy atom. The summed E-state index contributed by atoms with van der Waals surface area (Å²) in [5.41, 5.74) is 0.916. The molecule has 2 aromatic carbocycles. The van der Waals surface area contributed by atoms with Crippen molar-refractivity contribution in [2.24, 2.45) is 0 Å². The topological polar surface area (TPSA) is 109 Å². The van der Waals surface area contributed by atoms with Gasteiger partial charge in [0.05, 0.1) is 22.7 Å². The average molecular weight is 567 g/mol. The van der Waals surface area contributed by atoms with E-state index in [-0.39, 0.29) is 11.9 Å². The third kappa shape index (κ3) is 6.69. The van der Waals surface area contributed by atoms with Crippen LogP contribution in [0.2, 0.25) is 0 Å². The number of hydrogen-bond acceptors (Lipinski definition) is 8. The third-order valence-corrected chi connectivity index (χ3v) is 7.72. The van der Waals surface area contributed by atoms with Crippen LogP contribution in [0.1, 0.15) is 18.4 Å². The summed E-state index contributed by atoms with van der Waals surface area (Å²) in [5, 5.41) is 3.36. The number of anilines is 2. The van der Waals surface area contributed by atoms with Gasteiger partial charge in [-0.15, -0.1) is 0 Å². The van der Waals surface area contributed by atoms with Gasteiger partial charge < -0.3 is 15.0 Å². The molecular weight excluding hydrogens is 538 g/mol. The lowest BCUT2D eigenvalue weighted by molar-refractivity contribution is 0.263. The minimum atomic E-state index is -3.99. The Hall–Kier alpha value is -4.16. The van der Waals surface area contributed by atoms with Gasteiger partial charge >= 0.3 is 0 Å². The average Bonchev–Trinajstić information content (AvgIpc) is 2.95. The van der Waals surface area contributed by atoms with Crippen LogP contribution in [-0.4, -0.2) is 54.4 Å². The molecule has 40 heavy (non-hydrogen) atoms. The second kappa shape index (κ2) is 11.9. The number of likely N-dealkylation sites (tertiary alicyclic amines) is 1. The first kappa shape index (κ1) is 27.4. The quantitative estimate of drug-likeness (QED) is 0.290. The molecule has 0 bridgehead atoms. The summed E-state index contributed by atoms with van der Waals surface area (Å²) in [5.74, 6) is -3.14. The molecule has 1 aliphatic heterocycles. The number of piperidine rings is 1. The van der Waals surface area contributed by atoms with Crippen molar-refractivity contribution in [3.05, 3.63) is 90.3 Å². The first-order valence-electron chi connectivity index (χ1n) is 12.7. The molecule has 2 aromatic heterocycles. The Bertz CT molecular complexity index is 1580. The van der Waals surface area contributed by atoms with Gasteiger partial charge in [0.2, 0.25) is 27.7 Å². The molecule has 12 heteroatoms. The fourth-order valence-corrected chi connectivity index (χ4v) is 5.57. The minimum Gasteiger partial charge on any atom is -0.435 e. The van der Waals surface area contributed by atoms with Gasteiger partial charge in [-0.3, -0.25) is 4.72 Å². The highest BCUT2D eigenvalue weighted by atomic mass is 32.2. The molecule has 0 saturated carbocycles. The Morgan fingerprint density at radius 3 is 2.50 bits per heavy atom. The molecule has 208 valence electrons. The molecule has 1 aliphatic rings. The maximum Gasteiger partial charge on any atom is 0.237 e. The van der Waals surface area contributed by atoms with E-state index >= 15 is 4.39 Å². The lowest BCUT2D eigenvalue weighted by Crippen LogP contribution is -2.37. The van der Waals surface area contributed by atoms with E-state index in [9.17, 15) is 12.8 Å². The van der Waals surface area contributed by atoms with Gasteiger partial charge in [-0.2, -0.15) is 4.39 Å². The fourth-order valence-electron chi connectivity index (χ4n) is 4.37. The summed E-state index contributed by atoms with van der Waals surface area (Å²) in [4.78, 5) is 15.4. The zero-order chi connectivity index (χ0) is 28.1. The van der Waals surface area contributed by atoms with Crippen LogP contribution >= 0.6 is 0 Å². The SMILES string of the molecule is CN1CCC(Nc2nccc(-c3cccnc3Oc3ccc(NS(=O)(=O)Cc4ccccc4)c(F)c3F)n2)CC1. The molecule has 1 saturated heterocycles. The van der Waals surface area contributed by atoms with Crippen molar-refractivity contribution in [2.75, 3.05) is 30.2 Å². The molecule has 0 atom stereocenters. The van der Waals surface area contributed by atoms with Crippen LogP contribution in [0, 0.1) is 11.6 Å². The highest BCUT2D eigenvalue weighted by Gasteiger charge is 2.22. The number of pyridine rings is 1. The lowest BCUT2D eigenvalue weighted by Gasteiger charge is -2.29. The van der Waals surface area contributed by atoms with E-state index in [0.29, 0.717) is 22.8 Å². The number of nitrogens with one attached hydrogen (secondary N) is 2. The molecule has 9 nitrogen and oxygen atoms in total. The van der Waals surface area contributed by atoms with Crippen molar-refractivity contribution in [1.29, 1.82) is 0 Å². The van der Waals surface area contributed by atoms with Crippen molar-refractivity contribution in [1.82, 2.24) is 19.9 Å². The Labute approximate surface area is 231 Å². The van der Waals surface area contributed by atoms with Gasteiger partial charge in [0.25, 0.3) is 0 Å². The van der Waals surface area contributed by atoms with E-state index in [1.807, 2.05) is 0 Å². The maximum absolute atomic E-state index is 15.0. The summed E-state index contributed by atoms with van der Waals surface area (Å²) in [6.45, 7) is 1.96. The second-order valence-corrected chi connectivity index (χ2v) is 11.3. The predicted octanol–water partition coefficient (Wildman–Crippen LogP) is 5.06. The monoisotopic (exact) mass is 566 g/mol. The zero-order valence-corrected chi connectivity index (χ0v) is 22.5. The van der Waals surface area contributed by atoms with Gasteiger partial charge in [-0.1, -0.05) is 30.3 Å². The number of halogens is 2. The van der Waals surface area contributed by atoms with Gasteiger partial charge in [0, 0.05) is 18.4 Å². The smallest absolute Gasteiger partial charge is 0.237 e. The molecule has 1 fully saturated rings. The molecule has 0 amide bonds. The number of rotatable bonds is 9. The van der Waals surface area contributed by atoms with Crippen molar-refractivity contribution >= 4 is 21.7 Å². The standard InChI is InChI=1S/C28H28F2N6O3S/c1-36-16-12-20(13-17-36)33-28-32-15-11-22(34-28)21-8-5-14-31-27(21)39-24-10-9-23(25(29)26(24)30)35-40(37,38)18-19-6-3-2-4-7-19/h2-11,14-15,20,35H,12-13,16-18H2,1H3,(H,32,33,34). The van der Waals surface area contributed by atoms with Crippen LogP contribution in [0.4, 0.5) is 20.4 Å². The summed E-state index contributed by atoms with van der Waals surface area (Å²) in [6.07, 6.45) is 4.99. The van der Waals surface area contributed by atoms with Crippen LogP contribution in [0.3, 0.4) is 0 Å². The first-order chi connectivity index (χ1) is 19.3. The number of sulfonamides is 1. The summed E-state index contributed by atoms with van der Waals surface area (Å²) in [6, 6.07) is 15.9. The number of benzene rings is 2. The molecule has 0 radical (unpaired) electrons. The highest BCUT2D eigenvalue weighted by molar-refractivity contribution is 7.91. The molecule has 2 N–H and O–H groups in total. The van der Waals surface area contributed by atoms with E-state index < -0.39 is 38.8 Å². The highest BCUT2D eigenvalue weighted by Crippen LogP contribution is 2.34. The molecule has 0 spiro atoms. The summed E-state index contributed by atoms with van der Waals surface area (Å²) >= 11 is 0. The number of ether oxygens (including phenoxy) is 1.